The van der Waals surface area contributed by atoms with Gasteiger partial charge in [0.1, 0.15) is 0 Å². The van der Waals surface area contributed by atoms with Crippen LogP contribution in [-0.4, -0.2) is 5.84 Å². The zero-order chi connectivity index (χ0) is 13.0. The quantitative estimate of drug-likeness (QED) is 0.453. The van der Waals surface area contributed by atoms with E-state index < -0.39 is 0 Å². The Bertz CT molecular complexity index is 573. The molecule has 0 radical (unpaired) electrons. The van der Waals surface area contributed by atoms with E-state index in [0.29, 0.717) is 5.84 Å². The maximum atomic E-state index is 5.89. The summed E-state index contributed by atoms with van der Waals surface area (Å²) >= 11 is 6.85. The number of hydrogen-bond acceptors (Lipinski definition) is 2. The molecule has 0 fully saturated rings. The number of hydrazone groups is 1. The molecule has 0 unspecified atom stereocenters. The number of amidine groups is 1. The highest BCUT2D eigenvalue weighted by Gasteiger charge is 2.00. The van der Waals surface area contributed by atoms with Gasteiger partial charge in [0.05, 0.1) is 5.69 Å². The van der Waals surface area contributed by atoms with Gasteiger partial charge in [0.2, 0.25) is 0 Å². The van der Waals surface area contributed by atoms with E-state index >= 15 is 0 Å². The number of halogens is 3. The molecule has 0 spiro atoms. The average Bonchev–Trinajstić information content (AvgIpc) is 2.38. The van der Waals surface area contributed by atoms with Crippen LogP contribution in [0.4, 0.5) is 5.69 Å². The maximum absolute atomic E-state index is 5.89. The van der Waals surface area contributed by atoms with Crippen molar-refractivity contribution in [1.82, 2.24) is 0 Å². The minimum absolute atomic E-state index is 0. The van der Waals surface area contributed by atoms with Crippen LogP contribution in [0.15, 0.2) is 62.6 Å². The van der Waals surface area contributed by atoms with Crippen molar-refractivity contribution in [2.45, 2.75) is 0 Å². The Kier molecular flexibility index (Phi) is 6.34. The van der Waals surface area contributed by atoms with E-state index in [0.717, 1.165) is 20.2 Å². The van der Waals surface area contributed by atoms with Crippen molar-refractivity contribution >= 4 is 55.8 Å². The van der Waals surface area contributed by atoms with Crippen LogP contribution in [0, 0.1) is 0 Å². The standard InChI is InChI=1S/C13H11Br2N3.ClH/c14-10-6-7-12(11(15)8-10)17-18-13(16)9-4-2-1-3-5-9;/h1-8,17H,(H2,16,18);1H. The fourth-order valence-electron chi connectivity index (χ4n) is 1.37. The Balaban J connectivity index is 0.00000180. The topological polar surface area (TPSA) is 50.4 Å². The predicted octanol–water partition coefficient (Wildman–Crippen LogP) is 4.37. The first-order chi connectivity index (χ1) is 8.66. The summed E-state index contributed by atoms with van der Waals surface area (Å²) in [4.78, 5) is 0. The van der Waals surface area contributed by atoms with E-state index in [-0.39, 0.29) is 12.4 Å². The lowest BCUT2D eigenvalue weighted by atomic mass is 10.2. The van der Waals surface area contributed by atoms with Crippen molar-refractivity contribution in [1.29, 1.82) is 0 Å². The summed E-state index contributed by atoms with van der Waals surface area (Å²) in [6, 6.07) is 15.4. The summed E-state index contributed by atoms with van der Waals surface area (Å²) in [6.45, 7) is 0. The summed E-state index contributed by atoms with van der Waals surface area (Å²) in [6.07, 6.45) is 0. The number of hydrogen-bond donors (Lipinski definition) is 2. The van der Waals surface area contributed by atoms with Crippen LogP contribution in [0.3, 0.4) is 0 Å². The molecule has 6 heteroatoms. The Morgan fingerprint density at radius 2 is 1.74 bits per heavy atom. The van der Waals surface area contributed by atoms with Gasteiger partial charge < -0.3 is 5.73 Å². The van der Waals surface area contributed by atoms with Gasteiger partial charge >= 0.3 is 0 Å². The summed E-state index contributed by atoms with van der Waals surface area (Å²) < 4.78 is 1.92. The lowest BCUT2D eigenvalue weighted by Gasteiger charge is -2.05. The van der Waals surface area contributed by atoms with Crippen LogP contribution in [0.1, 0.15) is 5.56 Å². The number of anilines is 1. The number of rotatable bonds is 3. The van der Waals surface area contributed by atoms with Crippen molar-refractivity contribution in [3.8, 4) is 0 Å². The molecule has 2 rings (SSSR count). The van der Waals surface area contributed by atoms with Crippen LogP contribution in [0.5, 0.6) is 0 Å². The molecule has 19 heavy (non-hydrogen) atoms. The molecular weight excluding hydrogens is 393 g/mol. The second-order valence-corrected chi connectivity index (χ2v) is 5.37. The predicted molar refractivity (Wildman–Crippen MR) is 89.9 cm³/mol. The molecule has 0 saturated carbocycles. The third-order valence-corrected chi connectivity index (χ3v) is 3.45. The van der Waals surface area contributed by atoms with Crippen molar-refractivity contribution in [2.75, 3.05) is 5.43 Å². The zero-order valence-corrected chi connectivity index (χ0v) is 13.8. The van der Waals surface area contributed by atoms with Gasteiger partial charge in [-0.05, 0) is 34.1 Å². The van der Waals surface area contributed by atoms with Gasteiger partial charge in [-0.2, -0.15) is 5.10 Å². The minimum atomic E-state index is 0. The lowest BCUT2D eigenvalue weighted by molar-refractivity contribution is 1.30. The number of nitrogens with two attached hydrogens (primary N) is 1. The third kappa shape index (κ3) is 4.53. The highest BCUT2D eigenvalue weighted by Crippen LogP contribution is 2.26. The molecule has 100 valence electrons. The van der Waals surface area contributed by atoms with Crippen LogP contribution >= 0.6 is 44.3 Å². The monoisotopic (exact) mass is 403 g/mol. The highest BCUT2D eigenvalue weighted by atomic mass is 79.9. The van der Waals surface area contributed by atoms with E-state index in [9.17, 15) is 0 Å². The van der Waals surface area contributed by atoms with Gasteiger partial charge in [-0.15, -0.1) is 12.4 Å². The van der Waals surface area contributed by atoms with Crippen LogP contribution in [-0.2, 0) is 0 Å². The maximum Gasteiger partial charge on any atom is 0.150 e. The zero-order valence-electron chi connectivity index (χ0n) is 9.81. The number of nitrogens with zero attached hydrogens (tertiary/aromatic N) is 1. The second kappa shape index (κ2) is 7.53. The Morgan fingerprint density at radius 3 is 2.37 bits per heavy atom. The van der Waals surface area contributed by atoms with E-state index in [1.165, 1.54) is 0 Å². The van der Waals surface area contributed by atoms with Gasteiger partial charge in [0, 0.05) is 14.5 Å². The molecule has 0 heterocycles. The molecule has 0 aromatic heterocycles. The normalized spacial score (nSPS) is 10.7. The Morgan fingerprint density at radius 1 is 1.05 bits per heavy atom. The summed E-state index contributed by atoms with van der Waals surface area (Å²) in [5, 5.41) is 4.15. The average molecular weight is 406 g/mol. The highest BCUT2D eigenvalue weighted by molar-refractivity contribution is 9.11. The van der Waals surface area contributed by atoms with Crippen LogP contribution in [0.2, 0.25) is 0 Å². The first kappa shape index (κ1) is 16.0. The largest absolute Gasteiger partial charge is 0.382 e. The summed E-state index contributed by atoms with van der Waals surface area (Å²) in [7, 11) is 0. The van der Waals surface area contributed by atoms with Crippen LogP contribution < -0.4 is 11.2 Å². The van der Waals surface area contributed by atoms with Crippen molar-refractivity contribution in [3.63, 3.8) is 0 Å². The first-order valence-corrected chi connectivity index (χ1v) is 6.85. The number of nitrogens with one attached hydrogen (secondary N) is 1. The Labute approximate surface area is 134 Å². The Hall–Kier alpha value is -1.04. The summed E-state index contributed by atoms with van der Waals surface area (Å²) in [5.74, 6) is 0.449. The summed E-state index contributed by atoms with van der Waals surface area (Å²) in [5.41, 5.74) is 10.6. The van der Waals surface area contributed by atoms with Gasteiger partial charge in [-0.3, -0.25) is 5.43 Å². The molecule has 2 aromatic carbocycles. The van der Waals surface area contributed by atoms with Gasteiger partial charge in [-0.25, -0.2) is 0 Å². The van der Waals surface area contributed by atoms with Crippen LogP contribution in [0.25, 0.3) is 0 Å². The van der Waals surface area contributed by atoms with Crippen molar-refractivity contribution in [2.24, 2.45) is 10.8 Å². The van der Waals surface area contributed by atoms with Crippen molar-refractivity contribution < 1.29 is 0 Å². The van der Waals surface area contributed by atoms with E-state index in [1.54, 1.807) is 0 Å². The molecule has 2 aromatic rings. The molecule has 0 aliphatic heterocycles. The molecule has 0 aliphatic carbocycles. The second-order valence-electron chi connectivity index (χ2n) is 3.60. The van der Waals surface area contributed by atoms with E-state index in [4.69, 9.17) is 5.73 Å². The molecule has 3 N–H and O–H groups in total. The van der Waals surface area contributed by atoms with Gasteiger partial charge in [0.25, 0.3) is 0 Å². The molecule has 0 amide bonds. The molecule has 3 nitrogen and oxygen atoms in total. The molecule has 0 atom stereocenters. The molecule has 0 bridgehead atoms. The SMILES string of the molecule is Cl.N/C(=N\Nc1ccc(Br)cc1Br)c1ccccc1. The molecular formula is C13H12Br2ClN3. The smallest absolute Gasteiger partial charge is 0.150 e. The van der Waals surface area contributed by atoms with E-state index in [1.807, 2.05) is 48.5 Å². The lowest BCUT2D eigenvalue weighted by Crippen LogP contribution is -2.15. The molecule has 0 saturated heterocycles. The fraction of sp³-hybridized carbons (Fsp3) is 0. The minimum Gasteiger partial charge on any atom is -0.382 e. The first-order valence-electron chi connectivity index (χ1n) is 5.26. The number of benzene rings is 2. The van der Waals surface area contributed by atoms with Crippen molar-refractivity contribution in [3.05, 3.63) is 63.0 Å². The van der Waals surface area contributed by atoms with Gasteiger partial charge in [-0.1, -0.05) is 46.3 Å². The van der Waals surface area contributed by atoms with E-state index in [2.05, 4.69) is 42.4 Å². The fourth-order valence-corrected chi connectivity index (χ4v) is 2.51. The molecule has 0 aliphatic rings. The third-order valence-electron chi connectivity index (χ3n) is 2.30. The van der Waals surface area contributed by atoms with Gasteiger partial charge in [0.15, 0.2) is 5.84 Å².